The minimum Gasteiger partial charge on any atom is -0.461 e. The van der Waals surface area contributed by atoms with Gasteiger partial charge < -0.3 is 18.8 Å². The number of hydrogen-bond donors (Lipinski definition) is 1. The fraction of sp³-hybridized carbons (Fsp3) is 0.737. The summed E-state index contributed by atoms with van der Waals surface area (Å²) < 4.78 is 22.5. The standard InChI is InChI=1S/C19H31BN2O6/c1-9-25-15(23)13-12(14(22-21-13)16(24)26-17(2,3)4)10-11-20-27-18(5,6)19(7,8)28-20/h9-11H2,1-8H3,(H,21,22). The Bertz CT molecular complexity index is 719. The summed E-state index contributed by atoms with van der Waals surface area (Å²) in [6, 6.07) is 0. The van der Waals surface area contributed by atoms with Crippen molar-refractivity contribution < 1.29 is 28.4 Å². The molecule has 2 rings (SSSR count). The zero-order valence-corrected chi connectivity index (χ0v) is 18.1. The number of aromatic nitrogens is 2. The van der Waals surface area contributed by atoms with E-state index in [1.807, 2.05) is 27.7 Å². The predicted molar refractivity (Wildman–Crippen MR) is 104 cm³/mol. The van der Waals surface area contributed by atoms with Gasteiger partial charge in [0, 0.05) is 5.56 Å². The summed E-state index contributed by atoms with van der Waals surface area (Å²) in [5.41, 5.74) is -0.905. The van der Waals surface area contributed by atoms with Crippen LogP contribution in [0.3, 0.4) is 0 Å². The molecule has 1 saturated heterocycles. The average Bonchev–Trinajstić information content (AvgIpc) is 3.02. The van der Waals surface area contributed by atoms with Gasteiger partial charge >= 0.3 is 19.1 Å². The number of ether oxygens (including phenoxy) is 2. The van der Waals surface area contributed by atoms with Gasteiger partial charge in [-0.15, -0.1) is 0 Å². The summed E-state index contributed by atoms with van der Waals surface area (Å²) >= 11 is 0. The quantitative estimate of drug-likeness (QED) is 0.584. The molecule has 1 aromatic rings. The summed E-state index contributed by atoms with van der Waals surface area (Å²) in [5, 5.41) is 6.65. The number of rotatable bonds is 6. The van der Waals surface area contributed by atoms with Crippen LogP contribution in [0.1, 0.15) is 81.9 Å². The molecule has 28 heavy (non-hydrogen) atoms. The Kier molecular flexibility index (Phi) is 6.30. The summed E-state index contributed by atoms with van der Waals surface area (Å²) in [7, 11) is -0.457. The lowest BCUT2D eigenvalue weighted by molar-refractivity contribution is 0.00578. The Hall–Kier alpha value is -1.87. The van der Waals surface area contributed by atoms with Crippen molar-refractivity contribution in [3.63, 3.8) is 0 Å². The van der Waals surface area contributed by atoms with Crippen LogP contribution in [0.25, 0.3) is 0 Å². The van der Waals surface area contributed by atoms with Gasteiger partial charge in [0.2, 0.25) is 0 Å². The molecule has 0 bridgehead atoms. The highest BCUT2D eigenvalue weighted by molar-refractivity contribution is 6.45. The lowest BCUT2D eigenvalue weighted by Gasteiger charge is -2.32. The van der Waals surface area contributed by atoms with Crippen LogP contribution in [0.4, 0.5) is 0 Å². The van der Waals surface area contributed by atoms with Gasteiger partial charge in [0.25, 0.3) is 0 Å². The van der Waals surface area contributed by atoms with Gasteiger partial charge in [-0.2, -0.15) is 5.10 Å². The molecule has 0 amide bonds. The van der Waals surface area contributed by atoms with E-state index < -0.39 is 35.9 Å². The molecule has 9 heteroatoms. The van der Waals surface area contributed by atoms with Crippen molar-refractivity contribution in [2.45, 2.75) is 84.9 Å². The molecule has 0 aromatic carbocycles. The Morgan fingerprint density at radius 1 is 1.11 bits per heavy atom. The molecule has 1 N–H and O–H groups in total. The molecule has 1 aromatic heterocycles. The molecule has 0 radical (unpaired) electrons. The first-order chi connectivity index (χ1) is 12.8. The lowest BCUT2D eigenvalue weighted by atomic mass is 9.81. The number of carbonyl (C=O) groups is 2. The Labute approximate surface area is 166 Å². The topological polar surface area (TPSA) is 99.7 Å². The summed E-state index contributed by atoms with van der Waals surface area (Å²) in [6.45, 7) is 15.1. The van der Waals surface area contributed by atoms with Crippen LogP contribution < -0.4 is 0 Å². The van der Waals surface area contributed by atoms with Crippen LogP contribution in [-0.2, 0) is 25.2 Å². The fourth-order valence-corrected chi connectivity index (χ4v) is 2.82. The second kappa shape index (κ2) is 7.87. The van der Waals surface area contributed by atoms with Crippen molar-refractivity contribution >= 4 is 19.1 Å². The number of hydrogen-bond acceptors (Lipinski definition) is 7. The van der Waals surface area contributed by atoms with Crippen LogP contribution in [0.15, 0.2) is 0 Å². The van der Waals surface area contributed by atoms with Gasteiger partial charge in [-0.05, 0) is 68.1 Å². The van der Waals surface area contributed by atoms with Gasteiger partial charge in [0.15, 0.2) is 5.69 Å². The van der Waals surface area contributed by atoms with E-state index in [-0.39, 0.29) is 18.0 Å². The lowest BCUT2D eigenvalue weighted by Crippen LogP contribution is -2.41. The van der Waals surface area contributed by atoms with E-state index in [9.17, 15) is 9.59 Å². The molecule has 0 unspecified atom stereocenters. The highest BCUT2D eigenvalue weighted by atomic mass is 16.7. The summed E-state index contributed by atoms with van der Waals surface area (Å²) in [5.74, 6) is -1.16. The first kappa shape index (κ1) is 22.4. The minimum atomic E-state index is -0.677. The van der Waals surface area contributed by atoms with Crippen molar-refractivity contribution in [2.75, 3.05) is 6.61 Å². The first-order valence-corrected chi connectivity index (χ1v) is 9.61. The van der Waals surface area contributed by atoms with Crippen molar-refractivity contribution in [1.82, 2.24) is 10.2 Å². The van der Waals surface area contributed by atoms with E-state index in [1.165, 1.54) is 0 Å². The molecule has 156 valence electrons. The van der Waals surface area contributed by atoms with E-state index in [0.29, 0.717) is 18.3 Å². The normalized spacial score (nSPS) is 18.2. The van der Waals surface area contributed by atoms with E-state index in [2.05, 4.69) is 10.2 Å². The molecule has 0 spiro atoms. The number of carbonyl (C=O) groups excluding carboxylic acids is 2. The molecule has 1 aliphatic rings. The number of aromatic amines is 1. The smallest absolute Gasteiger partial charge is 0.458 e. The van der Waals surface area contributed by atoms with Crippen molar-refractivity contribution in [2.24, 2.45) is 0 Å². The maximum atomic E-state index is 12.6. The molecular formula is C19H31BN2O6. The Morgan fingerprint density at radius 3 is 2.18 bits per heavy atom. The summed E-state index contributed by atoms with van der Waals surface area (Å²) in [4.78, 5) is 24.8. The van der Waals surface area contributed by atoms with Crippen molar-refractivity contribution in [1.29, 1.82) is 0 Å². The van der Waals surface area contributed by atoms with E-state index in [0.717, 1.165) is 0 Å². The first-order valence-electron chi connectivity index (χ1n) is 9.61. The molecular weight excluding hydrogens is 363 g/mol. The molecule has 0 atom stereocenters. The van der Waals surface area contributed by atoms with Gasteiger partial charge in [-0.1, -0.05) is 0 Å². The highest BCUT2D eigenvalue weighted by Crippen LogP contribution is 2.38. The van der Waals surface area contributed by atoms with Crippen molar-refractivity contribution in [3.05, 3.63) is 17.0 Å². The van der Waals surface area contributed by atoms with Crippen LogP contribution in [0.5, 0.6) is 0 Å². The second-order valence-electron chi connectivity index (χ2n) is 8.87. The van der Waals surface area contributed by atoms with Crippen molar-refractivity contribution in [3.8, 4) is 0 Å². The van der Waals surface area contributed by atoms with Gasteiger partial charge in [-0.3, -0.25) is 5.10 Å². The third kappa shape index (κ3) is 4.94. The van der Waals surface area contributed by atoms with E-state index in [4.69, 9.17) is 18.8 Å². The minimum absolute atomic E-state index is 0.0782. The zero-order valence-electron chi connectivity index (χ0n) is 18.1. The Morgan fingerprint density at radius 2 is 1.68 bits per heavy atom. The van der Waals surface area contributed by atoms with E-state index in [1.54, 1.807) is 27.7 Å². The van der Waals surface area contributed by atoms with Crippen LogP contribution in [0, 0.1) is 0 Å². The SMILES string of the molecule is CCOC(=O)c1[nH]nc(C(=O)OC(C)(C)C)c1CCB1OC(C)(C)C(C)(C)O1. The third-order valence-corrected chi connectivity index (χ3v) is 4.87. The maximum absolute atomic E-state index is 12.6. The summed E-state index contributed by atoms with van der Waals surface area (Å²) in [6.07, 6.45) is 0.796. The number of esters is 2. The van der Waals surface area contributed by atoms with Gasteiger partial charge in [0.05, 0.1) is 17.8 Å². The molecule has 8 nitrogen and oxygen atoms in total. The third-order valence-electron chi connectivity index (χ3n) is 4.87. The number of nitrogens with zero attached hydrogens (tertiary/aromatic N) is 1. The van der Waals surface area contributed by atoms with Crippen LogP contribution in [-0.4, -0.2) is 52.7 Å². The molecule has 0 saturated carbocycles. The number of H-pyrrole nitrogens is 1. The molecule has 0 aliphatic carbocycles. The number of nitrogens with one attached hydrogen (secondary N) is 1. The fourth-order valence-electron chi connectivity index (χ4n) is 2.82. The largest absolute Gasteiger partial charge is 0.461 e. The molecule has 1 fully saturated rings. The van der Waals surface area contributed by atoms with Gasteiger partial charge in [-0.25, -0.2) is 9.59 Å². The van der Waals surface area contributed by atoms with Crippen LogP contribution in [0.2, 0.25) is 6.32 Å². The second-order valence-corrected chi connectivity index (χ2v) is 8.87. The van der Waals surface area contributed by atoms with E-state index >= 15 is 0 Å². The zero-order chi connectivity index (χ0) is 21.3. The van der Waals surface area contributed by atoms with Gasteiger partial charge in [0.1, 0.15) is 11.3 Å². The maximum Gasteiger partial charge on any atom is 0.458 e. The molecule has 1 aliphatic heterocycles. The average molecular weight is 394 g/mol. The Balaban J connectivity index is 2.24. The highest BCUT2D eigenvalue weighted by Gasteiger charge is 2.50. The van der Waals surface area contributed by atoms with Crippen LogP contribution >= 0.6 is 0 Å². The predicted octanol–water partition coefficient (Wildman–Crippen LogP) is 3.18. The monoisotopic (exact) mass is 394 g/mol. The molecule has 2 heterocycles.